The van der Waals surface area contributed by atoms with Crippen molar-refractivity contribution >= 4 is 17.0 Å². The Morgan fingerprint density at radius 2 is 2.13 bits per heavy atom. The zero-order chi connectivity index (χ0) is 15.6. The maximum absolute atomic E-state index is 5.69. The fraction of sp³-hybridized carbons (Fsp3) is 0.278. The fourth-order valence-corrected chi connectivity index (χ4v) is 3.58. The third kappa shape index (κ3) is 2.84. The van der Waals surface area contributed by atoms with Crippen molar-refractivity contribution in [1.82, 2.24) is 4.57 Å². The van der Waals surface area contributed by atoms with Crippen LogP contribution in [0, 0.1) is 0 Å². The van der Waals surface area contributed by atoms with Gasteiger partial charge in [0.15, 0.2) is 10.6 Å². The van der Waals surface area contributed by atoms with Crippen LogP contribution in [0.25, 0.3) is 11.5 Å². The number of nitrogens with zero attached hydrogens (tertiary/aromatic N) is 2. The summed E-state index contributed by atoms with van der Waals surface area (Å²) in [5, 5.41) is 2.12. The second kappa shape index (κ2) is 6.08. The summed E-state index contributed by atoms with van der Waals surface area (Å²) in [4.78, 5) is 5.86. The SMILES string of the molecule is CCOc1ccccc1N=c1scc(-c2ccco2)n1C1CC1. The summed E-state index contributed by atoms with van der Waals surface area (Å²) in [6, 6.07) is 12.4. The Bertz CT molecular complexity index is 857. The molecule has 2 heterocycles. The van der Waals surface area contributed by atoms with Crippen LogP contribution >= 0.6 is 11.3 Å². The van der Waals surface area contributed by atoms with E-state index in [-0.39, 0.29) is 0 Å². The Kier molecular flexibility index (Phi) is 3.79. The van der Waals surface area contributed by atoms with E-state index in [1.165, 1.54) is 12.8 Å². The minimum atomic E-state index is 0.527. The Balaban J connectivity index is 1.84. The van der Waals surface area contributed by atoms with E-state index in [1.54, 1.807) is 17.6 Å². The Morgan fingerprint density at radius 1 is 1.26 bits per heavy atom. The molecule has 0 amide bonds. The van der Waals surface area contributed by atoms with Crippen LogP contribution in [0.3, 0.4) is 0 Å². The van der Waals surface area contributed by atoms with Crippen molar-refractivity contribution in [2.75, 3.05) is 6.61 Å². The number of rotatable bonds is 5. The maximum Gasteiger partial charge on any atom is 0.190 e. The molecule has 5 heteroatoms. The van der Waals surface area contributed by atoms with Gasteiger partial charge in [0.2, 0.25) is 0 Å². The van der Waals surface area contributed by atoms with Crippen LogP contribution in [0.5, 0.6) is 5.75 Å². The van der Waals surface area contributed by atoms with Crippen LogP contribution in [0.1, 0.15) is 25.8 Å². The highest BCUT2D eigenvalue weighted by atomic mass is 32.1. The van der Waals surface area contributed by atoms with E-state index in [0.717, 1.165) is 27.7 Å². The first kappa shape index (κ1) is 14.3. The van der Waals surface area contributed by atoms with Gasteiger partial charge in [0.1, 0.15) is 11.4 Å². The lowest BCUT2D eigenvalue weighted by atomic mass is 10.3. The first-order valence-corrected chi connectivity index (χ1v) is 8.75. The molecule has 0 N–H and O–H groups in total. The number of para-hydroxylation sites is 2. The van der Waals surface area contributed by atoms with E-state index in [2.05, 4.69) is 9.95 Å². The van der Waals surface area contributed by atoms with E-state index >= 15 is 0 Å². The second-order valence-corrected chi connectivity index (χ2v) is 6.33. The van der Waals surface area contributed by atoms with Crippen LogP contribution < -0.4 is 9.54 Å². The third-order valence-corrected chi connectivity index (χ3v) is 4.65. The molecule has 1 fully saturated rings. The standard InChI is InChI=1S/C18H18N2O2S/c1-2-21-16-7-4-3-6-14(16)19-18-20(13-9-10-13)15(12-23-18)17-8-5-11-22-17/h3-8,11-13H,2,9-10H2,1H3. The van der Waals surface area contributed by atoms with Gasteiger partial charge in [0.25, 0.3) is 0 Å². The van der Waals surface area contributed by atoms with Gasteiger partial charge in [0, 0.05) is 11.4 Å². The van der Waals surface area contributed by atoms with Crippen LogP contribution in [-0.2, 0) is 0 Å². The molecule has 0 saturated heterocycles. The molecule has 0 spiro atoms. The van der Waals surface area contributed by atoms with E-state index in [9.17, 15) is 0 Å². The predicted molar refractivity (Wildman–Crippen MR) is 91.1 cm³/mol. The summed E-state index contributed by atoms with van der Waals surface area (Å²) >= 11 is 1.65. The highest BCUT2D eigenvalue weighted by molar-refractivity contribution is 7.07. The first-order valence-electron chi connectivity index (χ1n) is 7.87. The van der Waals surface area contributed by atoms with Crippen molar-refractivity contribution in [2.24, 2.45) is 4.99 Å². The molecular weight excluding hydrogens is 308 g/mol. The number of ether oxygens (including phenoxy) is 1. The van der Waals surface area contributed by atoms with Gasteiger partial charge in [0.05, 0.1) is 18.6 Å². The number of furan rings is 1. The highest BCUT2D eigenvalue weighted by Crippen LogP contribution is 2.38. The molecule has 1 saturated carbocycles. The summed E-state index contributed by atoms with van der Waals surface area (Å²) in [5.41, 5.74) is 1.98. The van der Waals surface area contributed by atoms with Gasteiger partial charge >= 0.3 is 0 Å². The molecule has 0 bridgehead atoms. The molecule has 1 aliphatic carbocycles. The van der Waals surface area contributed by atoms with Crippen LogP contribution in [0.4, 0.5) is 5.69 Å². The summed E-state index contributed by atoms with van der Waals surface area (Å²) < 4.78 is 13.6. The van der Waals surface area contributed by atoms with Gasteiger partial charge in [-0.15, -0.1) is 11.3 Å². The van der Waals surface area contributed by atoms with Crippen LogP contribution in [-0.4, -0.2) is 11.2 Å². The molecular formula is C18H18N2O2S. The largest absolute Gasteiger partial charge is 0.492 e. The minimum absolute atomic E-state index is 0.527. The van der Waals surface area contributed by atoms with E-state index in [1.807, 2.05) is 43.3 Å². The van der Waals surface area contributed by atoms with Crippen molar-refractivity contribution in [3.05, 3.63) is 52.8 Å². The summed E-state index contributed by atoms with van der Waals surface area (Å²) in [5.74, 6) is 1.72. The quantitative estimate of drug-likeness (QED) is 0.677. The Labute approximate surface area is 138 Å². The molecule has 1 aliphatic rings. The molecule has 4 rings (SSSR count). The average Bonchev–Trinajstić information content (AvgIpc) is 3.10. The summed E-state index contributed by atoms with van der Waals surface area (Å²) in [7, 11) is 0. The average molecular weight is 326 g/mol. The molecule has 4 nitrogen and oxygen atoms in total. The second-order valence-electron chi connectivity index (χ2n) is 5.49. The molecule has 2 aromatic heterocycles. The molecule has 23 heavy (non-hydrogen) atoms. The van der Waals surface area contributed by atoms with Gasteiger partial charge < -0.3 is 13.7 Å². The normalized spacial score (nSPS) is 15.1. The van der Waals surface area contributed by atoms with Gasteiger partial charge in [-0.1, -0.05) is 12.1 Å². The fourth-order valence-electron chi connectivity index (χ4n) is 2.62. The number of hydrogen-bond donors (Lipinski definition) is 0. The minimum Gasteiger partial charge on any atom is -0.492 e. The van der Waals surface area contributed by atoms with Gasteiger partial charge in [-0.25, -0.2) is 4.99 Å². The zero-order valence-corrected chi connectivity index (χ0v) is 13.8. The van der Waals surface area contributed by atoms with Crippen molar-refractivity contribution in [3.63, 3.8) is 0 Å². The van der Waals surface area contributed by atoms with Gasteiger partial charge in [-0.05, 0) is 44.0 Å². The van der Waals surface area contributed by atoms with E-state index in [0.29, 0.717) is 12.6 Å². The van der Waals surface area contributed by atoms with Crippen LogP contribution in [0.15, 0.2) is 57.5 Å². The van der Waals surface area contributed by atoms with E-state index < -0.39 is 0 Å². The lowest BCUT2D eigenvalue weighted by molar-refractivity contribution is 0.341. The molecule has 3 aromatic rings. The zero-order valence-electron chi connectivity index (χ0n) is 12.9. The monoisotopic (exact) mass is 326 g/mol. The summed E-state index contributed by atoms with van der Waals surface area (Å²) in [6.45, 7) is 2.62. The van der Waals surface area contributed by atoms with E-state index in [4.69, 9.17) is 14.1 Å². The van der Waals surface area contributed by atoms with Gasteiger partial charge in [-0.3, -0.25) is 0 Å². The predicted octanol–water partition coefficient (Wildman–Crippen LogP) is 4.78. The van der Waals surface area contributed by atoms with Crippen molar-refractivity contribution < 1.29 is 9.15 Å². The lowest BCUT2D eigenvalue weighted by Crippen LogP contribution is -2.14. The topological polar surface area (TPSA) is 39.7 Å². The molecule has 0 aliphatic heterocycles. The number of thiazole rings is 1. The number of hydrogen-bond acceptors (Lipinski definition) is 4. The smallest absolute Gasteiger partial charge is 0.190 e. The molecule has 118 valence electrons. The number of aromatic nitrogens is 1. The molecule has 0 unspecified atom stereocenters. The molecule has 1 aromatic carbocycles. The molecule has 0 atom stereocenters. The summed E-state index contributed by atoms with van der Waals surface area (Å²) in [6.07, 6.45) is 4.11. The third-order valence-electron chi connectivity index (χ3n) is 3.81. The van der Waals surface area contributed by atoms with Crippen molar-refractivity contribution in [2.45, 2.75) is 25.8 Å². The van der Waals surface area contributed by atoms with Crippen LogP contribution in [0.2, 0.25) is 0 Å². The Morgan fingerprint density at radius 3 is 2.87 bits per heavy atom. The van der Waals surface area contributed by atoms with Gasteiger partial charge in [-0.2, -0.15) is 0 Å². The molecule has 0 radical (unpaired) electrons. The van der Waals surface area contributed by atoms with Crippen molar-refractivity contribution in [1.29, 1.82) is 0 Å². The Hall–Kier alpha value is -2.27. The first-order chi connectivity index (χ1) is 11.4. The van der Waals surface area contributed by atoms with Crippen molar-refractivity contribution in [3.8, 4) is 17.2 Å². The maximum atomic E-state index is 5.69. The highest BCUT2D eigenvalue weighted by Gasteiger charge is 2.28. The number of benzene rings is 1. The lowest BCUT2D eigenvalue weighted by Gasteiger charge is -2.07.